The Morgan fingerprint density at radius 2 is 2.00 bits per heavy atom. The van der Waals surface area contributed by atoms with Crippen molar-refractivity contribution in [2.75, 3.05) is 44.0 Å². The van der Waals surface area contributed by atoms with Crippen molar-refractivity contribution in [3.05, 3.63) is 0 Å². The van der Waals surface area contributed by atoms with Crippen molar-refractivity contribution in [2.45, 2.75) is 0 Å². The molecule has 6 N–H and O–H groups in total. The summed E-state index contributed by atoms with van der Waals surface area (Å²) in [6.45, 7) is 1.18. The maximum Gasteiger partial charge on any atom is 0.244 e. The van der Waals surface area contributed by atoms with Crippen LogP contribution in [0.1, 0.15) is 0 Å². The Labute approximate surface area is 88.2 Å². The summed E-state index contributed by atoms with van der Waals surface area (Å²) in [6.07, 6.45) is 0. The molecule has 1 rings (SSSR count). The van der Waals surface area contributed by atoms with Gasteiger partial charge in [-0.05, 0) is 7.05 Å². The van der Waals surface area contributed by atoms with Gasteiger partial charge in [-0.2, -0.15) is 9.97 Å². The van der Waals surface area contributed by atoms with Gasteiger partial charge in [-0.1, -0.05) is 0 Å². The number of hydrogen-bond donors (Lipinski definition) is 4. The quantitative estimate of drug-likeness (QED) is 0.477. The second kappa shape index (κ2) is 5.20. The molecule has 0 atom stereocenters. The van der Waals surface area contributed by atoms with Crippen LogP contribution in [0.2, 0.25) is 0 Å². The molecule has 1 aromatic heterocycles. The van der Waals surface area contributed by atoms with E-state index in [4.69, 9.17) is 16.2 Å². The lowest BCUT2D eigenvalue weighted by molar-refractivity contribution is 0.308. The number of nitrogens with one attached hydrogen (secondary N) is 2. The van der Waals surface area contributed by atoms with E-state index in [1.807, 2.05) is 7.05 Å². The Balaban J connectivity index is 2.80. The fraction of sp³-hybridized carbons (Fsp3) is 0.500. The number of nitrogen functional groups attached to an aromatic ring is 2. The summed E-state index contributed by atoms with van der Waals surface area (Å²) < 4.78 is 5.34. The molecule has 0 fully saturated rings. The second-order valence-electron chi connectivity index (χ2n) is 2.85. The SMILES string of the molecule is CNCCOc1nc(NC)nc(N)c1N. The van der Waals surface area contributed by atoms with Crippen molar-refractivity contribution in [3.8, 4) is 5.88 Å². The maximum atomic E-state index is 5.67. The van der Waals surface area contributed by atoms with Crippen LogP contribution < -0.4 is 26.8 Å². The van der Waals surface area contributed by atoms with E-state index in [1.54, 1.807) is 7.05 Å². The van der Waals surface area contributed by atoms with Crippen molar-refractivity contribution in [2.24, 2.45) is 0 Å². The van der Waals surface area contributed by atoms with E-state index in [0.29, 0.717) is 25.0 Å². The standard InChI is InChI=1S/C8H16N6O/c1-11-3-4-15-7-5(9)6(10)13-8(12-2)14-7/h11H,3-4,9H2,1-2H3,(H3,10,12,13,14). The topological polar surface area (TPSA) is 111 Å². The van der Waals surface area contributed by atoms with Crippen LogP contribution in [0, 0.1) is 0 Å². The van der Waals surface area contributed by atoms with E-state index in [2.05, 4.69) is 20.6 Å². The van der Waals surface area contributed by atoms with Crippen LogP contribution in [0.4, 0.5) is 17.5 Å². The molecule has 0 saturated carbocycles. The first-order chi connectivity index (χ1) is 7.19. The van der Waals surface area contributed by atoms with Crippen LogP contribution in [0.5, 0.6) is 5.88 Å². The summed E-state index contributed by atoms with van der Waals surface area (Å²) in [5.74, 6) is 0.914. The molecule has 0 saturated heterocycles. The monoisotopic (exact) mass is 212 g/mol. The Hall–Kier alpha value is -1.76. The van der Waals surface area contributed by atoms with Gasteiger partial charge in [0.1, 0.15) is 12.3 Å². The number of likely N-dealkylation sites (N-methyl/N-ethyl adjacent to an activating group) is 1. The molecule has 0 unspecified atom stereocenters. The van der Waals surface area contributed by atoms with Crippen LogP contribution in [-0.4, -0.2) is 37.2 Å². The molecule has 0 radical (unpaired) electrons. The third-order valence-corrected chi connectivity index (χ3v) is 1.75. The van der Waals surface area contributed by atoms with E-state index >= 15 is 0 Å². The highest BCUT2D eigenvalue weighted by Gasteiger charge is 2.09. The van der Waals surface area contributed by atoms with Gasteiger partial charge in [-0.15, -0.1) is 0 Å². The molecule has 1 aromatic rings. The largest absolute Gasteiger partial charge is 0.475 e. The number of hydrogen-bond acceptors (Lipinski definition) is 7. The fourth-order valence-electron chi connectivity index (χ4n) is 0.937. The molecule has 0 amide bonds. The van der Waals surface area contributed by atoms with Crippen molar-refractivity contribution in [1.82, 2.24) is 15.3 Å². The zero-order valence-corrected chi connectivity index (χ0v) is 8.87. The van der Waals surface area contributed by atoms with Crippen LogP contribution in [0.25, 0.3) is 0 Å². The third kappa shape index (κ3) is 2.84. The first-order valence-electron chi connectivity index (χ1n) is 4.57. The Morgan fingerprint density at radius 3 is 2.60 bits per heavy atom. The molecule has 0 bridgehead atoms. The van der Waals surface area contributed by atoms with Crippen LogP contribution >= 0.6 is 0 Å². The Bertz CT molecular complexity index is 329. The number of nitrogens with two attached hydrogens (primary N) is 2. The molecule has 0 aliphatic carbocycles. The highest BCUT2D eigenvalue weighted by atomic mass is 16.5. The summed E-state index contributed by atoms with van der Waals surface area (Å²) in [7, 11) is 3.53. The summed E-state index contributed by atoms with van der Waals surface area (Å²) in [4.78, 5) is 7.96. The predicted molar refractivity (Wildman–Crippen MR) is 59.8 cm³/mol. The van der Waals surface area contributed by atoms with Gasteiger partial charge < -0.3 is 26.8 Å². The Kier molecular flexibility index (Phi) is 3.92. The fourth-order valence-corrected chi connectivity index (χ4v) is 0.937. The van der Waals surface area contributed by atoms with Crippen molar-refractivity contribution in [3.63, 3.8) is 0 Å². The summed E-state index contributed by atoms with van der Waals surface area (Å²) >= 11 is 0. The van der Waals surface area contributed by atoms with Gasteiger partial charge in [0.05, 0.1) is 0 Å². The average Bonchev–Trinajstić information content (AvgIpc) is 2.24. The number of anilines is 3. The highest BCUT2D eigenvalue weighted by Crippen LogP contribution is 2.24. The first kappa shape index (κ1) is 11.3. The summed E-state index contributed by atoms with van der Waals surface area (Å²) in [5, 5.41) is 5.72. The molecule has 0 spiro atoms. The van der Waals surface area contributed by atoms with E-state index in [-0.39, 0.29) is 11.5 Å². The highest BCUT2D eigenvalue weighted by molar-refractivity contribution is 5.66. The zero-order valence-electron chi connectivity index (χ0n) is 8.87. The number of aromatic nitrogens is 2. The van der Waals surface area contributed by atoms with Gasteiger partial charge in [0, 0.05) is 13.6 Å². The molecule has 0 aliphatic heterocycles. The van der Waals surface area contributed by atoms with Crippen molar-refractivity contribution >= 4 is 17.5 Å². The molecule has 0 aliphatic rings. The van der Waals surface area contributed by atoms with E-state index < -0.39 is 0 Å². The van der Waals surface area contributed by atoms with Gasteiger partial charge in [0.15, 0.2) is 5.82 Å². The van der Waals surface area contributed by atoms with Gasteiger partial charge in [-0.25, -0.2) is 0 Å². The van der Waals surface area contributed by atoms with Crippen LogP contribution in [0.15, 0.2) is 0 Å². The average molecular weight is 212 g/mol. The first-order valence-corrected chi connectivity index (χ1v) is 4.57. The molecule has 84 valence electrons. The van der Waals surface area contributed by atoms with Gasteiger partial charge >= 0.3 is 0 Å². The van der Waals surface area contributed by atoms with Crippen LogP contribution in [-0.2, 0) is 0 Å². The lowest BCUT2D eigenvalue weighted by atomic mass is 10.4. The van der Waals surface area contributed by atoms with E-state index in [9.17, 15) is 0 Å². The minimum atomic E-state index is 0.216. The number of rotatable bonds is 5. The molecule has 7 nitrogen and oxygen atoms in total. The van der Waals surface area contributed by atoms with E-state index in [1.165, 1.54) is 0 Å². The molecular formula is C8H16N6O. The van der Waals surface area contributed by atoms with Gasteiger partial charge in [0.2, 0.25) is 11.8 Å². The number of nitrogens with zero attached hydrogens (tertiary/aromatic N) is 2. The normalized spacial score (nSPS) is 10.0. The molecule has 0 aromatic carbocycles. The smallest absolute Gasteiger partial charge is 0.244 e. The van der Waals surface area contributed by atoms with Crippen molar-refractivity contribution < 1.29 is 4.74 Å². The third-order valence-electron chi connectivity index (χ3n) is 1.75. The van der Waals surface area contributed by atoms with Crippen molar-refractivity contribution in [1.29, 1.82) is 0 Å². The molecule has 1 heterocycles. The maximum absolute atomic E-state index is 5.67. The summed E-state index contributed by atoms with van der Waals surface area (Å²) in [5.41, 5.74) is 11.5. The Morgan fingerprint density at radius 1 is 1.27 bits per heavy atom. The summed E-state index contributed by atoms with van der Waals surface area (Å²) in [6, 6.07) is 0. The molecule has 15 heavy (non-hydrogen) atoms. The lowest BCUT2D eigenvalue weighted by Gasteiger charge is -2.10. The lowest BCUT2D eigenvalue weighted by Crippen LogP contribution is -2.17. The zero-order chi connectivity index (χ0) is 11.3. The molecule has 7 heteroatoms. The number of ether oxygens (including phenoxy) is 1. The van der Waals surface area contributed by atoms with Gasteiger partial charge in [-0.3, -0.25) is 0 Å². The predicted octanol–water partition coefficient (Wildman–Crippen LogP) is -0.719. The minimum absolute atomic E-state index is 0.216. The van der Waals surface area contributed by atoms with Gasteiger partial charge in [0.25, 0.3) is 0 Å². The second-order valence-corrected chi connectivity index (χ2v) is 2.85. The molecular weight excluding hydrogens is 196 g/mol. The minimum Gasteiger partial charge on any atom is -0.475 e. The van der Waals surface area contributed by atoms with Crippen LogP contribution in [0.3, 0.4) is 0 Å². The van der Waals surface area contributed by atoms with E-state index in [0.717, 1.165) is 0 Å².